The second-order valence-corrected chi connectivity index (χ2v) is 6.69. The lowest BCUT2D eigenvalue weighted by molar-refractivity contribution is 0.235. The molecule has 0 saturated heterocycles. The average Bonchev–Trinajstić information content (AvgIpc) is 3.06. The van der Waals surface area contributed by atoms with Gasteiger partial charge in [0.1, 0.15) is 5.75 Å². The van der Waals surface area contributed by atoms with Gasteiger partial charge in [-0.05, 0) is 48.6 Å². The van der Waals surface area contributed by atoms with Crippen LogP contribution in [-0.4, -0.2) is 18.1 Å². The van der Waals surface area contributed by atoms with Gasteiger partial charge in [0.25, 0.3) is 0 Å². The number of methoxy groups -OCH3 is 1. The molecule has 1 aromatic heterocycles. The van der Waals surface area contributed by atoms with Gasteiger partial charge in [0.05, 0.1) is 13.2 Å². The minimum atomic E-state index is -0.136. The number of aryl methyl sites for hydroxylation is 1. The highest BCUT2D eigenvalue weighted by Gasteiger charge is 2.25. The Labute approximate surface area is 152 Å². The van der Waals surface area contributed by atoms with Crippen molar-refractivity contribution < 1.29 is 9.53 Å². The fraction of sp³-hybridized carbons (Fsp3) is 0.286. The third kappa shape index (κ3) is 3.25. The first-order valence-electron chi connectivity index (χ1n) is 9.01. The lowest BCUT2D eigenvalue weighted by Gasteiger charge is -2.24. The van der Waals surface area contributed by atoms with Crippen LogP contribution in [0.5, 0.6) is 5.75 Å². The van der Waals surface area contributed by atoms with E-state index in [1.165, 1.54) is 10.9 Å². The molecule has 0 saturated carbocycles. The van der Waals surface area contributed by atoms with E-state index < -0.39 is 0 Å². The number of fused-ring (bicyclic) bond motifs is 3. The summed E-state index contributed by atoms with van der Waals surface area (Å²) in [7, 11) is 1.68. The normalized spacial score (nSPS) is 16.1. The van der Waals surface area contributed by atoms with E-state index >= 15 is 0 Å². The predicted molar refractivity (Wildman–Crippen MR) is 102 cm³/mol. The number of aromatic amines is 1. The Morgan fingerprint density at radius 3 is 2.88 bits per heavy atom. The van der Waals surface area contributed by atoms with Crippen molar-refractivity contribution in [1.29, 1.82) is 0 Å². The molecule has 26 heavy (non-hydrogen) atoms. The van der Waals surface area contributed by atoms with Crippen LogP contribution < -0.4 is 15.4 Å². The smallest absolute Gasteiger partial charge is 0.315 e. The molecule has 0 spiro atoms. The van der Waals surface area contributed by atoms with Gasteiger partial charge in [-0.1, -0.05) is 30.3 Å². The molecular weight excluding hydrogens is 326 g/mol. The van der Waals surface area contributed by atoms with Crippen LogP contribution in [0, 0.1) is 0 Å². The van der Waals surface area contributed by atoms with Crippen molar-refractivity contribution in [2.24, 2.45) is 0 Å². The third-order valence-electron chi connectivity index (χ3n) is 5.02. The van der Waals surface area contributed by atoms with E-state index in [-0.39, 0.29) is 12.1 Å². The summed E-state index contributed by atoms with van der Waals surface area (Å²) < 4.78 is 5.35. The first-order chi connectivity index (χ1) is 12.7. The zero-order valence-corrected chi connectivity index (χ0v) is 14.8. The molecule has 1 atom stereocenters. The number of carbonyl (C=O) groups excluding carboxylic acids is 1. The molecule has 0 aliphatic heterocycles. The molecule has 0 unspecified atom stereocenters. The SMILES string of the molecule is COc1ccc2[nH]c3c(c2c1)CCC[C@@H]3NC(=O)NCc1ccccc1. The lowest BCUT2D eigenvalue weighted by Crippen LogP contribution is -2.38. The van der Waals surface area contributed by atoms with Crippen molar-refractivity contribution >= 4 is 16.9 Å². The van der Waals surface area contributed by atoms with Gasteiger partial charge in [-0.25, -0.2) is 4.79 Å². The molecule has 3 N–H and O–H groups in total. The van der Waals surface area contributed by atoms with Crippen molar-refractivity contribution in [2.45, 2.75) is 31.8 Å². The fourth-order valence-electron chi connectivity index (χ4n) is 3.70. The molecule has 2 aromatic carbocycles. The summed E-state index contributed by atoms with van der Waals surface area (Å²) >= 11 is 0. The van der Waals surface area contributed by atoms with Crippen LogP contribution in [0.1, 0.15) is 35.7 Å². The van der Waals surface area contributed by atoms with Crippen molar-refractivity contribution in [1.82, 2.24) is 15.6 Å². The van der Waals surface area contributed by atoms with Gasteiger partial charge in [-0.3, -0.25) is 0 Å². The number of carbonyl (C=O) groups is 1. The molecule has 0 radical (unpaired) electrons. The number of ether oxygens (including phenoxy) is 1. The molecule has 5 heteroatoms. The van der Waals surface area contributed by atoms with Crippen molar-refractivity contribution in [3.8, 4) is 5.75 Å². The van der Waals surface area contributed by atoms with Crippen molar-refractivity contribution in [3.05, 3.63) is 65.4 Å². The first-order valence-corrected chi connectivity index (χ1v) is 9.01. The van der Waals surface area contributed by atoms with Gasteiger partial charge in [0, 0.05) is 23.1 Å². The van der Waals surface area contributed by atoms with Gasteiger partial charge >= 0.3 is 6.03 Å². The summed E-state index contributed by atoms with van der Waals surface area (Å²) in [4.78, 5) is 15.9. The highest BCUT2D eigenvalue weighted by atomic mass is 16.5. The zero-order valence-electron chi connectivity index (χ0n) is 14.8. The third-order valence-corrected chi connectivity index (χ3v) is 5.02. The molecule has 1 aliphatic rings. The quantitative estimate of drug-likeness (QED) is 0.665. The number of urea groups is 1. The van der Waals surface area contributed by atoms with Crippen molar-refractivity contribution in [3.63, 3.8) is 0 Å². The van der Waals surface area contributed by atoms with E-state index in [1.54, 1.807) is 7.11 Å². The van der Waals surface area contributed by atoms with E-state index in [2.05, 4.69) is 21.7 Å². The summed E-state index contributed by atoms with van der Waals surface area (Å²) in [5, 5.41) is 7.26. The average molecular weight is 349 g/mol. The van der Waals surface area contributed by atoms with Gasteiger partial charge in [-0.15, -0.1) is 0 Å². The van der Waals surface area contributed by atoms with Crippen LogP contribution in [0.2, 0.25) is 0 Å². The molecule has 1 aliphatic carbocycles. The lowest BCUT2D eigenvalue weighted by atomic mass is 9.92. The van der Waals surface area contributed by atoms with Gasteiger partial charge in [-0.2, -0.15) is 0 Å². The maximum Gasteiger partial charge on any atom is 0.315 e. The van der Waals surface area contributed by atoms with Crippen LogP contribution in [-0.2, 0) is 13.0 Å². The monoisotopic (exact) mass is 349 g/mol. The molecular formula is C21H23N3O2. The van der Waals surface area contributed by atoms with E-state index in [0.717, 1.165) is 41.8 Å². The van der Waals surface area contributed by atoms with Gasteiger partial charge < -0.3 is 20.4 Å². The van der Waals surface area contributed by atoms with Gasteiger partial charge in [0.15, 0.2) is 0 Å². The Hall–Kier alpha value is -2.95. The molecule has 3 aromatic rings. The Kier molecular flexibility index (Phi) is 4.52. The number of H-pyrrole nitrogens is 1. The number of hydrogen-bond acceptors (Lipinski definition) is 2. The van der Waals surface area contributed by atoms with Crippen LogP contribution in [0.25, 0.3) is 10.9 Å². The largest absolute Gasteiger partial charge is 0.497 e. The summed E-state index contributed by atoms with van der Waals surface area (Å²) in [5.41, 5.74) is 4.59. The molecule has 2 amide bonds. The standard InChI is InChI=1S/C21H23N3O2/c1-26-15-10-11-18-17(12-15)16-8-5-9-19(20(16)23-18)24-21(25)22-13-14-6-3-2-4-7-14/h2-4,6-7,10-12,19,23H,5,8-9,13H2,1H3,(H2,22,24,25)/t19-/m0/s1. The number of rotatable bonds is 4. The zero-order chi connectivity index (χ0) is 17.9. The Balaban J connectivity index is 1.49. The number of nitrogens with one attached hydrogen (secondary N) is 3. The number of hydrogen-bond donors (Lipinski definition) is 3. The fourth-order valence-corrected chi connectivity index (χ4v) is 3.70. The molecule has 0 bridgehead atoms. The van der Waals surface area contributed by atoms with Gasteiger partial charge in [0.2, 0.25) is 0 Å². The van der Waals surface area contributed by atoms with E-state index in [1.807, 2.05) is 42.5 Å². The maximum atomic E-state index is 12.4. The van der Waals surface area contributed by atoms with Crippen LogP contribution in [0.3, 0.4) is 0 Å². The van der Waals surface area contributed by atoms with E-state index in [9.17, 15) is 4.79 Å². The van der Waals surface area contributed by atoms with E-state index in [0.29, 0.717) is 6.54 Å². The summed E-state index contributed by atoms with van der Waals surface area (Å²) in [6.07, 6.45) is 3.02. The number of amides is 2. The molecule has 134 valence electrons. The summed E-state index contributed by atoms with van der Waals surface area (Å²) in [6, 6.07) is 15.9. The first kappa shape index (κ1) is 16.5. The molecule has 4 rings (SSSR count). The highest BCUT2D eigenvalue weighted by molar-refractivity contribution is 5.87. The molecule has 5 nitrogen and oxygen atoms in total. The van der Waals surface area contributed by atoms with Crippen molar-refractivity contribution in [2.75, 3.05) is 7.11 Å². The minimum Gasteiger partial charge on any atom is -0.497 e. The van der Waals surface area contributed by atoms with Crippen LogP contribution >= 0.6 is 0 Å². The maximum absolute atomic E-state index is 12.4. The highest BCUT2D eigenvalue weighted by Crippen LogP contribution is 2.36. The number of aromatic nitrogens is 1. The Morgan fingerprint density at radius 1 is 1.23 bits per heavy atom. The van der Waals surface area contributed by atoms with Crippen LogP contribution in [0.15, 0.2) is 48.5 Å². The topological polar surface area (TPSA) is 66.1 Å². The molecule has 0 fully saturated rings. The summed E-state index contributed by atoms with van der Waals surface area (Å²) in [6.45, 7) is 0.524. The second-order valence-electron chi connectivity index (χ2n) is 6.69. The Morgan fingerprint density at radius 2 is 2.08 bits per heavy atom. The number of benzene rings is 2. The Bertz CT molecular complexity index is 918. The minimum absolute atomic E-state index is 0.00733. The van der Waals surface area contributed by atoms with Crippen LogP contribution in [0.4, 0.5) is 4.79 Å². The van der Waals surface area contributed by atoms with E-state index in [4.69, 9.17) is 4.74 Å². The molecule has 1 heterocycles. The second kappa shape index (κ2) is 7.12. The predicted octanol–water partition coefficient (Wildman–Crippen LogP) is 4.05. The summed E-state index contributed by atoms with van der Waals surface area (Å²) in [5.74, 6) is 0.856.